The molecular formula is C18H21ClN4O3S. The van der Waals surface area contributed by atoms with E-state index in [4.69, 9.17) is 16.3 Å². The van der Waals surface area contributed by atoms with Crippen LogP contribution in [-0.2, 0) is 20.9 Å². The van der Waals surface area contributed by atoms with E-state index in [-0.39, 0.29) is 18.3 Å². The molecule has 2 heterocycles. The molecular weight excluding hydrogens is 388 g/mol. The molecule has 0 N–H and O–H groups in total. The number of carbonyl (C=O) groups excluding carboxylic acids is 2. The number of aromatic nitrogens is 3. The van der Waals surface area contributed by atoms with Crippen LogP contribution in [0.4, 0.5) is 0 Å². The van der Waals surface area contributed by atoms with Crippen LogP contribution in [0.2, 0.25) is 5.02 Å². The van der Waals surface area contributed by atoms with Crippen LogP contribution in [0, 0.1) is 0 Å². The van der Waals surface area contributed by atoms with Gasteiger partial charge in [0.15, 0.2) is 17.6 Å². The molecule has 1 aromatic carbocycles. The average Bonchev–Trinajstić information content (AvgIpc) is 3.34. The first-order valence-electron chi connectivity index (χ1n) is 8.84. The number of nitrogens with zero attached hydrogens (tertiary/aromatic N) is 4. The van der Waals surface area contributed by atoms with Gasteiger partial charge in [0.2, 0.25) is 0 Å². The fourth-order valence-electron chi connectivity index (χ4n) is 2.86. The van der Waals surface area contributed by atoms with E-state index in [1.807, 2.05) is 23.6 Å². The van der Waals surface area contributed by atoms with E-state index < -0.39 is 5.97 Å². The molecule has 1 fully saturated rings. The van der Waals surface area contributed by atoms with Crippen molar-refractivity contribution in [2.75, 3.05) is 25.4 Å². The molecule has 0 saturated carbocycles. The maximum atomic E-state index is 12.0. The standard InChI is InChI=1S/C18H21ClN4O3S/c1-2-23-17(13-5-7-14(19)8-6-13)20-21-18(23)27-12-16(25)26-11-15(24)22-9-3-4-10-22/h5-8H,2-4,9-12H2,1H3. The minimum Gasteiger partial charge on any atom is -0.455 e. The molecule has 9 heteroatoms. The van der Waals surface area contributed by atoms with E-state index in [1.165, 1.54) is 11.8 Å². The molecule has 0 bridgehead atoms. The highest BCUT2D eigenvalue weighted by atomic mass is 35.5. The molecule has 0 radical (unpaired) electrons. The normalized spacial score (nSPS) is 13.8. The zero-order valence-corrected chi connectivity index (χ0v) is 16.6. The summed E-state index contributed by atoms with van der Waals surface area (Å²) in [4.78, 5) is 25.6. The Bertz CT molecular complexity index is 803. The van der Waals surface area contributed by atoms with Crippen molar-refractivity contribution in [2.24, 2.45) is 0 Å². The highest BCUT2D eigenvalue weighted by Gasteiger charge is 2.20. The van der Waals surface area contributed by atoms with Crippen LogP contribution in [0.25, 0.3) is 11.4 Å². The first-order chi connectivity index (χ1) is 13.1. The SMILES string of the molecule is CCn1c(SCC(=O)OCC(=O)N2CCCC2)nnc1-c1ccc(Cl)cc1. The lowest BCUT2D eigenvalue weighted by atomic mass is 10.2. The molecule has 1 aliphatic heterocycles. The third kappa shape index (κ3) is 5.01. The summed E-state index contributed by atoms with van der Waals surface area (Å²) in [5, 5.41) is 9.69. The second-order valence-electron chi connectivity index (χ2n) is 6.09. The minimum atomic E-state index is -0.439. The number of carbonyl (C=O) groups is 2. The van der Waals surface area contributed by atoms with Crippen LogP contribution in [0.15, 0.2) is 29.4 Å². The van der Waals surface area contributed by atoms with Crippen LogP contribution in [-0.4, -0.2) is 57.0 Å². The smallest absolute Gasteiger partial charge is 0.316 e. The number of ether oxygens (including phenoxy) is 1. The van der Waals surface area contributed by atoms with E-state index >= 15 is 0 Å². The number of esters is 1. The van der Waals surface area contributed by atoms with Crippen molar-refractivity contribution in [3.63, 3.8) is 0 Å². The summed E-state index contributed by atoms with van der Waals surface area (Å²) in [6.07, 6.45) is 2.02. The molecule has 1 amide bonds. The highest BCUT2D eigenvalue weighted by Crippen LogP contribution is 2.25. The number of rotatable bonds is 7. The Kier molecular flexibility index (Phi) is 6.73. The van der Waals surface area contributed by atoms with Crippen LogP contribution < -0.4 is 0 Å². The molecule has 2 aromatic rings. The molecule has 144 valence electrons. The quantitative estimate of drug-likeness (QED) is 0.518. The molecule has 0 aliphatic carbocycles. The Balaban J connectivity index is 1.55. The number of hydrogen-bond acceptors (Lipinski definition) is 6. The van der Waals surface area contributed by atoms with Gasteiger partial charge in [0.05, 0.1) is 5.75 Å². The Morgan fingerprint density at radius 1 is 1.19 bits per heavy atom. The van der Waals surface area contributed by atoms with Gasteiger partial charge in [0.1, 0.15) is 0 Å². The summed E-state index contributed by atoms with van der Waals surface area (Å²) in [6.45, 7) is 3.95. The summed E-state index contributed by atoms with van der Waals surface area (Å²) in [6, 6.07) is 7.36. The molecule has 1 saturated heterocycles. The second-order valence-corrected chi connectivity index (χ2v) is 7.47. The van der Waals surface area contributed by atoms with Crippen molar-refractivity contribution < 1.29 is 14.3 Å². The molecule has 1 aromatic heterocycles. The highest BCUT2D eigenvalue weighted by molar-refractivity contribution is 7.99. The number of benzene rings is 1. The van der Waals surface area contributed by atoms with Crippen LogP contribution in [0.5, 0.6) is 0 Å². The Morgan fingerprint density at radius 2 is 1.89 bits per heavy atom. The number of likely N-dealkylation sites (tertiary alicyclic amines) is 1. The molecule has 7 nitrogen and oxygen atoms in total. The van der Waals surface area contributed by atoms with Gasteiger partial charge in [-0.2, -0.15) is 0 Å². The molecule has 0 atom stereocenters. The lowest BCUT2D eigenvalue weighted by molar-refractivity contribution is -0.149. The van der Waals surface area contributed by atoms with Crippen LogP contribution >= 0.6 is 23.4 Å². The Labute approximate surface area is 167 Å². The molecule has 0 unspecified atom stereocenters. The Morgan fingerprint density at radius 3 is 2.56 bits per heavy atom. The lowest BCUT2D eigenvalue weighted by Crippen LogP contribution is -2.32. The largest absolute Gasteiger partial charge is 0.455 e. The van der Waals surface area contributed by atoms with Gasteiger partial charge in [-0.25, -0.2) is 0 Å². The van der Waals surface area contributed by atoms with Gasteiger partial charge in [-0.15, -0.1) is 10.2 Å². The van der Waals surface area contributed by atoms with Gasteiger partial charge in [0, 0.05) is 30.2 Å². The molecule has 1 aliphatic rings. The van der Waals surface area contributed by atoms with Gasteiger partial charge in [-0.1, -0.05) is 23.4 Å². The number of amides is 1. The fraction of sp³-hybridized carbons (Fsp3) is 0.444. The van der Waals surface area contributed by atoms with Crippen molar-refractivity contribution in [2.45, 2.75) is 31.5 Å². The van der Waals surface area contributed by atoms with E-state index in [9.17, 15) is 9.59 Å². The predicted molar refractivity (Wildman–Crippen MR) is 104 cm³/mol. The number of halogens is 1. The zero-order chi connectivity index (χ0) is 19.2. The fourth-order valence-corrected chi connectivity index (χ4v) is 3.78. The lowest BCUT2D eigenvalue weighted by Gasteiger charge is -2.14. The van der Waals surface area contributed by atoms with E-state index in [1.54, 1.807) is 17.0 Å². The summed E-state index contributed by atoms with van der Waals surface area (Å²) in [5.74, 6) is 0.222. The molecule has 0 spiro atoms. The second kappa shape index (κ2) is 9.23. The van der Waals surface area contributed by atoms with Crippen molar-refractivity contribution in [3.05, 3.63) is 29.3 Å². The van der Waals surface area contributed by atoms with Gasteiger partial charge in [0.25, 0.3) is 5.91 Å². The van der Waals surface area contributed by atoms with Crippen LogP contribution in [0.3, 0.4) is 0 Å². The van der Waals surface area contributed by atoms with Crippen molar-refractivity contribution >= 4 is 35.2 Å². The molecule has 3 rings (SSSR count). The third-order valence-corrected chi connectivity index (χ3v) is 5.46. The third-order valence-electron chi connectivity index (χ3n) is 4.27. The maximum Gasteiger partial charge on any atom is 0.316 e. The first kappa shape index (κ1) is 19.7. The number of thioether (sulfide) groups is 1. The number of hydrogen-bond donors (Lipinski definition) is 0. The van der Waals surface area contributed by atoms with Gasteiger partial charge < -0.3 is 14.2 Å². The topological polar surface area (TPSA) is 77.3 Å². The minimum absolute atomic E-state index is 0.0754. The zero-order valence-electron chi connectivity index (χ0n) is 15.1. The van der Waals surface area contributed by atoms with Gasteiger partial charge in [-0.05, 0) is 44.0 Å². The summed E-state index contributed by atoms with van der Waals surface area (Å²) in [5.41, 5.74) is 0.902. The van der Waals surface area contributed by atoms with Crippen LogP contribution in [0.1, 0.15) is 19.8 Å². The summed E-state index contributed by atoms with van der Waals surface area (Å²) < 4.78 is 7.02. The summed E-state index contributed by atoms with van der Waals surface area (Å²) >= 11 is 7.18. The average molecular weight is 409 g/mol. The van der Waals surface area contributed by atoms with Crippen molar-refractivity contribution in [1.82, 2.24) is 19.7 Å². The van der Waals surface area contributed by atoms with E-state index in [0.29, 0.717) is 22.5 Å². The maximum absolute atomic E-state index is 12.0. The Hall–Kier alpha value is -2.06. The van der Waals surface area contributed by atoms with E-state index in [2.05, 4.69) is 10.2 Å². The van der Waals surface area contributed by atoms with Gasteiger partial charge >= 0.3 is 5.97 Å². The first-order valence-corrected chi connectivity index (χ1v) is 10.2. The monoisotopic (exact) mass is 408 g/mol. The van der Waals surface area contributed by atoms with E-state index in [0.717, 1.165) is 31.5 Å². The summed E-state index contributed by atoms with van der Waals surface area (Å²) in [7, 11) is 0. The molecule has 27 heavy (non-hydrogen) atoms. The van der Waals surface area contributed by atoms with Crippen molar-refractivity contribution in [1.29, 1.82) is 0 Å². The van der Waals surface area contributed by atoms with Gasteiger partial charge in [-0.3, -0.25) is 9.59 Å². The predicted octanol–water partition coefficient (Wildman–Crippen LogP) is 2.88. The van der Waals surface area contributed by atoms with Crippen molar-refractivity contribution in [3.8, 4) is 11.4 Å².